The molecule has 0 fully saturated rings. The standard InChI is InChI=1S/C16H18N2O2.C2H6/c1-2-9-6-7-10-4-3-5-12(11(10)8-9)18-14-13(17)15(19)16(14)20;1-2/h6-8,12,18H,2-5,17H2,1H3;1-2H3. The van der Waals surface area contributed by atoms with Gasteiger partial charge in [0.25, 0.3) is 10.9 Å². The van der Waals surface area contributed by atoms with Crippen molar-refractivity contribution >= 4 is 11.4 Å². The molecule has 4 nitrogen and oxygen atoms in total. The summed E-state index contributed by atoms with van der Waals surface area (Å²) in [7, 11) is 0. The van der Waals surface area contributed by atoms with Crippen molar-refractivity contribution in [3.05, 3.63) is 55.3 Å². The molecule has 2 aromatic carbocycles. The van der Waals surface area contributed by atoms with Crippen LogP contribution in [0.3, 0.4) is 0 Å². The predicted molar refractivity (Wildman–Crippen MR) is 92.2 cm³/mol. The molecule has 22 heavy (non-hydrogen) atoms. The van der Waals surface area contributed by atoms with Crippen molar-refractivity contribution in [1.82, 2.24) is 0 Å². The van der Waals surface area contributed by atoms with E-state index in [1.165, 1.54) is 16.7 Å². The van der Waals surface area contributed by atoms with Crippen LogP contribution in [0.4, 0.5) is 11.4 Å². The fourth-order valence-electron chi connectivity index (χ4n) is 2.95. The normalized spacial score (nSPS) is 16.6. The molecule has 1 aliphatic carbocycles. The molecular formula is C18H24N2O2. The number of rotatable bonds is 3. The number of nitrogens with one attached hydrogen (secondary N) is 1. The maximum atomic E-state index is 11.5. The minimum absolute atomic E-state index is 0.0776. The zero-order valence-electron chi connectivity index (χ0n) is 13.5. The van der Waals surface area contributed by atoms with Gasteiger partial charge in [-0.05, 0) is 42.4 Å². The summed E-state index contributed by atoms with van der Waals surface area (Å²) in [4.78, 5) is 22.7. The van der Waals surface area contributed by atoms with Crippen molar-refractivity contribution in [1.29, 1.82) is 0 Å². The van der Waals surface area contributed by atoms with E-state index in [2.05, 4.69) is 30.4 Å². The van der Waals surface area contributed by atoms with E-state index in [-0.39, 0.29) is 11.7 Å². The molecule has 4 heteroatoms. The van der Waals surface area contributed by atoms with Gasteiger partial charge in [0.05, 0.1) is 6.04 Å². The fraction of sp³-hybridized carbons (Fsp3) is 0.444. The number of hydrogen-bond acceptors (Lipinski definition) is 4. The number of fused-ring (bicyclic) bond motifs is 1. The summed E-state index contributed by atoms with van der Waals surface area (Å²) in [6.07, 6.45) is 4.09. The number of hydrogen-bond donors (Lipinski definition) is 2. The first-order valence-electron chi connectivity index (χ1n) is 8.08. The summed E-state index contributed by atoms with van der Waals surface area (Å²) in [6.45, 7) is 6.13. The van der Waals surface area contributed by atoms with E-state index in [1.54, 1.807) is 0 Å². The number of benzene rings is 1. The molecule has 1 atom stereocenters. The number of nitrogen functional groups attached to an aromatic ring is 1. The van der Waals surface area contributed by atoms with E-state index >= 15 is 0 Å². The lowest BCUT2D eigenvalue weighted by Gasteiger charge is -2.28. The van der Waals surface area contributed by atoms with Gasteiger partial charge in [0.15, 0.2) is 0 Å². The second-order valence-electron chi connectivity index (χ2n) is 5.42. The van der Waals surface area contributed by atoms with Crippen LogP contribution < -0.4 is 21.9 Å². The molecule has 0 heterocycles. The zero-order valence-corrected chi connectivity index (χ0v) is 13.5. The minimum Gasteiger partial charge on any atom is -0.394 e. The van der Waals surface area contributed by atoms with Gasteiger partial charge in [0, 0.05) is 0 Å². The van der Waals surface area contributed by atoms with E-state index in [9.17, 15) is 9.59 Å². The van der Waals surface area contributed by atoms with Crippen molar-refractivity contribution in [2.45, 2.75) is 52.5 Å². The third-order valence-electron chi connectivity index (χ3n) is 4.20. The van der Waals surface area contributed by atoms with Crippen molar-refractivity contribution in [3.63, 3.8) is 0 Å². The Hall–Kier alpha value is -2.10. The number of anilines is 2. The van der Waals surface area contributed by atoms with Crippen LogP contribution in [0, 0.1) is 0 Å². The first kappa shape index (κ1) is 16.3. The van der Waals surface area contributed by atoms with Crippen molar-refractivity contribution in [3.8, 4) is 0 Å². The Bertz CT molecular complexity index is 727. The molecule has 0 bridgehead atoms. The quantitative estimate of drug-likeness (QED) is 0.855. The topological polar surface area (TPSA) is 72.2 Å². The van der Waals surface area contributed by atoms with Crippen LogP contribution in [-0.2, 0) is 12.8 Å². The zero-order chi connectivity index (χ0) is 16.3. The highest BCUT2D eigenvalue weighted by atomic mass is 16.2. The molecule has 118 valence electrons. The lowest BCUT2D eigenvalue weighted by Crippen LogP contribution is -2.38. The fourth-order valence-corrected chi connectivity index (χ4v) is 2.95. The monoisotopic (exact) mass is 300 g/mol. The van der Waals surface area contributed by atoms with Crippen LogP contribution in [0.15, 0.2) is 27.8 Å². The van der Waals surface area contributed by atoms with E-state index in [0.717, 1.165) is 25.7 Å². The van der Waals surface area contributed by atoms with Gasteiger partial charge < -0.3 is 11.1 Å². The highest BCUT2D eigenvalue weighted by Crippen LogP contribution is 2.33. The van der Waals surface area contributed by atoms with E-state index in [4.69, 9.17) is 5.73 Å². The Labute approximate surface area is 131 Å². The molecule has 1 unspecified atom stereocenters. The highest BCUT2D eigenvalue weighted by Gasteiger charge is 2.25. The van der Waals surface area contributed by atoms with Crippen LogP contribution in [0.5, 0.6) is 0 Å². The van der Waals surface area contributed by atoms with Gasteiger partial charge in [-0.2, -0.15) is 0 Å². The third-order valence-corrected chi connectivity index (χ3v) is 4.20. The third kappa shape index (κ3) is 2.78. The Kier molecular flexibility index (Phi) is 5.01. The first-order chi connectivity index (χ1) is 10.6. The van der Waals surface area contributed by atoms with Crippen LogP contribution >= 0.6 is 0 Å². The van der Waals surface area contributed by atoms with E-state index < -0.39 is 10.9 Å². The predicted octanol–water partition coefficient (Wildman–Crippen LogP) is 2.94. The average molecular weight is 300 g/mol. The van der Waals surface area contributed by atoms with Gasteiger partial charge in [-0.15, -0.1) is 0 Å². The van der Waals surface area contributed by atoms with Crippen LogP contribution in [-0.4, -0.2) is 0 Å². The summed E-state index contributed by atoms with van der Waals surface area (Å²) in [6, 6.07) is 6.62. The van der Waals surface area contributed by atoms with Crippen LogP contribution in [0.25, 0.3) is 0 Å². The maximum Gasteiger partial charge on any atom is 0.253 e. The molecular weight excluding hydrogens is 276 g/mol. The Balaban J connectivity index is 0.000000847. The molecule has 0 amide bonds. The van der Waals surface area contributed by atoms with Gasteiger partial charge in [-0.1, -0.05) is 39.0 Å². The molecule has 0 aliphatic heterocycles. The Morgan fingerprint density at radius 2 is 1.95 bits per heavy atom. The molecule has 0 saturated heterocycles. The van der Waals surface area contributed by atoms with Gasteiger partial charge in [-0.25, -0.2) is 0 Å². The maximum absolute atomic E-state index is 11.5. The summed E-state index contributed by atoms with van der Waals surface area (Å²) < 4.78 is 0. The largest absolute Gasteiger partial charge is 0.394 e. The summed E-state index contributed by atoms with van der Waals surface area (Å²) in [5.74, 6) is 0. The second-order valence-corrected chi connectivity index (χ2v) is 5.42. The van der Waals surface area contributed by atoms with E-state index in [0.29, 0.717) is 5.69 Å². The SMILES string of the molecule is CC.CCc1ccc2c(c1)C(Nc1c(N)c(=O)c1=O)CCC2. The van der Waals surface area contributed by atoms with Gasteiger partial charge >= 0.3 is 0 Å². The van der Waals surface area contributed by atoms with Crippen molar-refractivity contribution in [2.24, 2.45) is 0 Å². The second kappa shape index (κ2) is 6.77. The molecule has 0 radical (unpaired) electrons. The Morgan fingerprint density at radius 3 is 2.59 bits per heavy atom. The molecule has 0 spiro atoms. The highest BCUT2D eigenvalue weighted by molar-refractivity contribution is 5.72. The van der Waals surface area contributed by atoms with Crippen molar-refractivity contribution < 1.29 is 0 Å². The lowest BCUT2D eigenvalue weighted by molar-refractivity contribution is 0.599. The van der Waals surface area contributed by atoms with Crippen LogP contribution in [0.1, 0.15) is 56.3 Å². The molecule has 0 saturated carbocycles. The first-order valence-corrected chi connectivity index (χ1v) is 8.08. The van der Waals surface area contributed by atoms with Gasteiger partial charge in [0.1, 0.15) is 11.4 Å². The summed E-state index contributed by atoms with van der Waals surface area (Å²) in [5, 5.41) is 3.18. The van der Waals surface area contributed by atoms with Crippen LogP contribution in [0.2, 0.25) is 0 Å². The van der Waals surface area contributed by atoms with Gasteiger partial charge in [-0.3, -0.25) is 9.59 Å². The molecule has 1 aliphatic rings. The number of aryl methyl sites for hydroxylation is 2. The summed E-state index contributed by atoms with van der Waals surface area (Å²) >= 11 is 0. The number of nitrogens with two attached hydrogens (primary N) is 1. The average Bonchev–Trinajstić information content (AvgIpc) is 2.60. The Morgan fingerprint density at radius 1 is 1.23 bits per heavy atom. The molecule has 3 rings (SSSR count). The smallest absolute Gasteiger partial charge is 0.253 e. The lowest BCUT2D eigenvalue weighted by atomic mass is 9.86. The molecule has 2 aromatic rings. The molecule has 0 aromatic heterocycles. The molecule has 3 N–H and O–H groups in total. The minimum atomic E-state index is -0.564. The van der Waals surface area contributed by atoms with E-state index in [1.807, 2.05) is 13.8 Å². The van der Waals surface area contributed by atoms with Gasteiger partial charge in [0.2, 0.25) is 0 Å². The summed E-state index contributed by atoms with van der Waals surface area (Å²) in [5.41, 5.74) is 8.77. The van der Waals surface area contributed by atoms with Crippen molar-refractivity contribution in [2.75, 3.05) is 11.1 Å².